The van der Waals surface area contributed by atoms with Gasteiger partial charge in [-0.3, -0.25) is 4.68 Å². The molecule has 1 aromatic heterocycles. The van der Waals surface area contributed by atoms with Crippen LogP contribution in [0, 0.1) is 13.8 Å². The molecule has 0 saturated heterocycles. The number of aromatic nitrogens is 2. The molecule has 0 fully saturated rings. The van der Waals surface area contributed by atoms with E-state index in [4.69, 9.17) is 16.3 Å². The van der Waals surface area contributed by atoms with Crippen molar-refractivity contribution in [2.45, 2.75) is 39.3 Å². The second kappa shape index (κ2) is 6.64. The largest absolute Gasteiger partial charge is 0.487 e. The molecule has 0 aliphatic rings. The van der Waals surface area contributed by atoms with Gasteiger partial charge in [0, 0.05) is 17.4 Å². The van der Waals surface area contributed by atoms with Crippen LogP contribution in [-0.4, -0.2) is 9.78 Å². The van der Waals surface area contributed by atoms with Gasteiger partial charge in [0.2, 0.25) is 0 Å². The number of aryl methyl sites for hydroxylation is 3. The quantitative estimate of drug-likeness (QED) is 0.728. The summed E-state index contributed by atoms with van der Waals surface area (Å²) >= 11 is 9.79. The van der Waals surface area contributed by atoms with Crippen molar-refractivity contribution in [3.8, 4) is 5.75 Å². The fourth-order valence-corrected chi connectivity index (χ4v) is 2.80. The summed E-state index contributed by atoms with van der Waals surface area (Å²) in [4.78, 5) is 0. The molecule has 0 atom stereocenters. The number of ether oxygens (including phenoxy) is 1. The molecule has 2 aromatic rings. The lowest BCUT2D eigenvalue weighted by atomic mass is 10.1. The van der Waals surface area contributed by atoms with Crippen molar-refractivity contribution in [1.82, 2.24) is 9.78 Å². The first-order chi connectivity index (χ1) is 9.58. The van der Waals surface area contributed by atoms with E-state index in [9.17, 15) is 0 Å². The molecule has 0 N–H and O–H groups in total. The van der Waals surface area contributed by atoms with Crippen LogP contribution in [0.2, 0.25) is 5.02 Å². The number of halogens is 2. The predicted molar refractivity (Wildman–Crippen MR) is 85.8 cm³/mol. The Bertz CT molecular complexity index is 610. The van der Waals surface area contributed by atoms with E-state index in [1.165, 1.54) is 0 Å². The van der Waals surface area contributed by atoms with Gasteiger partial charge in [0.05, 0.1) is 16.4 Å². The van der Waals surface area contributed by atoms with Gasteiger partial charge in [-0.2, -0.15) is 5.10 Å². The van der Waals surface area contributed by atoms with E-state index < -0.39 is 0 Å². The third-order valence-corrected chi connectivity index (χ3v) is 4.34. The highest BCUT2D eigenvalue weighted by molar-refractivity contribution is 9.08. The second-order valence-electron chi connectivity index (χ2n) is 4.65. The molecule has 2 rings (SSSR count). The highest BCUT2D eigenvalue weighted by atomic mass is 79.9. The molecule has 5 heteroatoms. The van der Waals surface area contributed by atoms with E-state index >= 15 is 0 Å². The van der Waals surface area contributed by atoms with Crippen molar-refractivity contribution >= 4 is 27.5 Å². The van der Waals surface area contributed by atoms with Crippen LogP contribution in [-0.2, 0) is 18.5 Å². The van der Waals surface area contributed by atoms with Crippen molar-refractivity contribution in [2.75, 3.05) is 0 Å². The van der Waals surface area contributed by atoms with E-state index in [1.807, 2.05) is 37.6 Å². The average Bonchev–Trinajstić information content (AvgIpc) is 2.72. The van der Waals surface area contributed by atoms with Gasteiger partial charge in [-0.05, 0) is 26.3 Å². The first-order valence-corrected chi connectivity index (χ1v) is 8.07. The Morgan fingerprint density at radius 1 is 1.35 bits per heavy atom. The van der Waals surface area contributed by atoms with Gasteiger partial charge in [-0.25, -0.2) is 0 Å². The lowest BCUT2D eigenvalue weighted by Crippen LogP contribution is -2.07. The van der Waals surface area contributed by atoms with Crippen molar-refractivity contribution in [2.24, 2.45) is 0 Å². The Morgan fingerprint density at radius 3 is 2.75 bits per heavy atom. The lowest BCUT2D eigenvalue weighted by molar-refractivity contribution is 0.288. The maximum atomic E-state index is 6.30. The molecule has 1 heterocycles. The van der Waals surface area contributed by atoms with Gasteiger partial charge in [0.25, 0.3) is 0 Å². The minimum absolute atomic E-state index is 0.429. The monoisotopic (exact) mass is 356 g/mol. The standard InChI is InChI=1S/C15H18BrClN2O/c1-4-19-13(14(17)11(3)18-19)9-20-15-10(2)6-5-7-12(15)8-16/h5-7H,4,8-9H2,1-3H3. The minimum atomic E-state index is 0.429. The Balaban J connectivity index is 2.25. The molecule has 3 nitrogen and oxygen atoms in total. The van der Waals surface area contributed by atoms with Crippen LogP contribution in [0.1, 0.15) is 29.4 Å². The highest BCUT2D eigenvalue weighted by Crippen LogP contribution is 2.28. The van der Waals surface area contributed by atoms with Crippen LogP contribution >= 0.6 is 27.5 Å². The second-order valence-corrected chi connectivity index (χ2v) is 5.59. The molecular formula is C15H18BrClN2O. The van der Waals surface area contributed by atoms with Gasteiger partial charge < -0.3 is 4.74 Å². The SMILES string of the molecule is CCn1nc(C)c(Cl)c1COc1c(C)cccc1CBr. The lowest BCUT2D eigenvalue weighted by Gasteiger charge is -2.13. The average molecular weight is 358 g/mol. The van der Waals surface area contributed by atoms with Crippen LogP contribution in [0.5, 0.6) is 5.75 Å². The van der Waals surface area contributed by atoms with Gasteiger partial charge in [0.1, 0.15) is 12.4 Å². The zero-order valence-corrected chi connectivity index (χ0v) is 14.3. The summed E-state index contributed by atoms with van der Waals surface area (Å²) < 4.78 is 7.90. The fourth-order valence-electron chi connectivity index (χ4n) is 2.17. The van der Waals surface area contributed by atoms with Crippen LogP contribution in [0.15, 0.2) is 18.2 Å². The zero-order chi connectivity index (χ0) is 14.7. The molecule has 0 spiro atoms. The van der Waals surface area contributed by atoms with E-state index in [0.717, 1.165) is 40.1 Å². The highest BCUT2D eigenvalue weighted by Gasteiger charge is 2.14. The van der Waals surface area contributed by atoms with Gasteiger partial charge in [0.15, 0.2) is 0 Å². The van der Waals surface area contributed by atoms with Crippen LogP contribution in [0.3, 0.4) is 0 Å². The summed E-state index contributed by atoms with van der Waals surface area (Å²) in [6, 6.07) is 6.14. The number of hydrogen-bond acceptors (Lipinski definition) is 2. The number of hydrogen-bond donors (Lipinski definition) is 0. The molecular weight excluding hydrogens is 340 g/mol. The molecule has 0 bridgehead atoms. The number of benzene rings is 1. The predicted octanol–water partition coefficient (Wildman–Crippen LogP) is 4.65. The molecule has 0 aliphatic carbocycles. The van der Waals surface area contributed by atoms with Crippen LogP contribution < -0.4 is 4.74 Å². The third-order valence-electron chi connectivity index (χ3n) is 3.24. The minimum Gasteiger partial charge on any atom is -0.487 e. The van der Waals surface area contributed by atoms with Crippen molar-refractivity contribution in [3.05, 3.63) is 45.7 Å². The molecule has 0 saturated carbocycles. The summed E-state index contributed by atoms with van der Waals surface area (Å²) in [5, 5.41) is 5.86. The third kappa shape index (κ3) is 3.01. The Morgan fingerprint density at radius 2 is 2.10 bits per heavy atom. The maximum absolute atomic E-state index is 6.30. The molecule has 0 aliphatic heterocycles. The van der Waals surface area contributed by atoms with Gasteiger partial charge >= 0.3 is 0 Å². The molecule has 108 valence electrons. The summed E-state index contributed by atoms with van der Waals surface area (Å²) in [6.45, 7) is 7.22. The summed E-state index contributed by atoms with van der Waals surface area (Å²) in [6.07, 6.45) is 0. The first kappa shape index (κ1) is 15.4. The van der Waals surface area contributed by atoms with Crippen LogP contribution in [0.25, 0.3) is 0 Å². The Hall–Kier alpha value is -1.000. The molecule has 0 amide bonds. The van der Waals surface area contributed by atoms with Crippen molar-refractivity contribution in [1.29, 1.82) is 0 Å². The molecule has 20 heavy (non-hydrogen) atoms. The Kier molecular flexibility index (Phi) is 5.11. The number of alkyl halides is 1. The fraction of sp³-hybridized carbons (Fsp3) is 0.400. The van der Waals surface area contributed by atoms with E-state index in [0.29, 0.717) is 11.6 Å². The van der Waals surface area contributed by atoms with Crippen molar-refractivity contribution < 1.29 is 4.74 Å². The zero-order valence-electron chi connectivity index (χ0n) is 11.9. The Labute approximate surface area is 133 Å². The first-order valence-electron chi connectivity index (χ1n) is 6.57. The number of para-hydroxylation sites is 1. The molecule has 0 radical (unpaired) electrons. The van der Waals surface area contributed by atoms with E-state index in [-0.39, 0.29) is 0 Å². The summed E-state index contributed by atoms with van der Waals surface area (Å²) in [7, 11) is 0. The van der Waals surface area contributed by atoms with Gasteiger partial charge in [-0.15, -0.1) is 0 Å². The summed E-state index contributed by atoms with van der Waals surface area (Å²) in [5.41, 5.74) is 4.03. The molecule has 1 aromatic carbocycles. The number of nitrogens with zero attached hydrogens (tertiary/aromatic N) is 2. The summed E-state index contributed by atoms with van der Waals surface area (Å²) in [5.74, 6) is 0.918. The maximum Gasteiger partial charge on any atom is 0.131 e. The van der Waals surface area contributed by atoms with Crippen LogP contribution in [0.4, 0.5) is 0 Å². The van der Waals surface area contributed by atoms with E-state index in [1.54, 1.807) is 0 Å². The normalized spacial score (nSPS) is 10.8. The molecule has 0 unspecified atom stereocenters. The number of rotatable bonds is 5. The van der Waals surface area contributed by atoms with Gasteiger partial charge in [-0.1, -0.05) is 45.7 Å². The smallest absolute Gasteiger partial charge is 0.131 e. The van der Waals surface area contributed by atoms with E-state index in [2.05, 4.69) is 27.1 Å². The topological polar surface area (TPSA) is 27.1 Å². The van der Waals surface area contributed by atoms with Crippen molar-refractivity contribution in [3.63, 3.8) is 0 Å².